The molecule has 412 valence electrons. The van der Waals surface area contributed by atoms with Gasteiger partial charge in [-0.3, -0.25) is 9.59 Å². The van der Waals surface area contributed by atoms with Crippen LogP contribution in [0.3, 0.4) is 0 Å². The van der Waals surface area contributed by atoms with Gasteiger partial charge >= 0.3 is 17.9 Å². The van der Waals surface area contributed by atoms with Gasteiger partial charge in [-0.1, -0.05) is 6.08 Å². The summed E-state index contributed by atoms with van der Waals surface area (Å²) in [7, 11) is 1.48. The number of hydrogen-bond donors (Lipinski definition) is 13. The zero-order valence-corrected chi connectivity index (χ0v) is 39.7. The van der Waals surface area contributed by atoms with Gasteiger partial charge in [-0.25, -0.2) is 4.79 Å². The van der Waals surface area contributed by atoms with E-state index >= 15 is 0 Å². The van der Waals surface area contributed by atoms with Crippen LogP contribution in [0.15, 0.2) is 12.2 Å². The number of rotatable bonds is 17. The molecule has 24 atom stereocenters. The van der Waals surface area contributed by atoms with E-state index in [0.29, 0.717) is 44.9 Å². The van der Waals surface area contributed by atoms with E-state index < -0.39 is 191 Å². The number of hydrogen-bond acceptors (Lipinski definition) is 25. The molecule has 7 aliphatic rings. The molecule has 24 unspecified atom stereocenters. The van der Waals surface area contributed by atoms with Crippen molar-refractivity contribution in [2.75, 3.05) is 26.9 Å². The van der Waals surface area contributed by atoms with Crippen molar-refractivity contribution in [1.29, 1.82) is 0 Å². The van der Waals surface area contributed by atoms with Crippen molar-refractivity contribution in [3.05, 3.63) is 12.2 Å². The van der Waals surface area contributed by atoms with Crippen LogP contribution in [-0.2, 0) is 61.8 Å². The van der Waals surface area contributed by atoms with Crippen molar-refractivity contribution in [3.63, 3.8) is 0 Å². The highest BCUT2D eigenvalue weighted by Gasteiger charge is 2.56. The molecule has 3 saturated carbocycles. The van der Waals surface area contributed by atoms with Gasteiger partial charge < -0.3 is 114 Å². The van der Waals surface area contributed by atoms with Crippen molar-refractivity contribution < 1.29 is 128 Å². The molecule has 4 heterocycles. The van der Waals surface area contributed by atoms with Gasteiger partial charge in [0.15, 0.2) is 18.9 Å². The van der Waals surface area contributed by atoms with Crippen molar-refractivity contribution in [2.45, 2.75) is 212 Å². The Morgan fingerprint density at radius 3 is 1.82 bits per heavy atom. The molecule has 0 bridgehead atoms. The number of aliphatic hydroxyl groups is 12. The molecule has 0 aromatic heterocycles. The molecule has 7 fully saturated rings. The number of ether oxygens (including phenoxy) is 10. The lowest BCUT2D eigenvalue weighted by Gasteiger charge is -2.52. The third kappa shape index (κ3) is 13.7. The van der Waals surface area contributed by atoms with Crippen LogP contribution in [0.25, 0.3) is 0 Å². The first-order valence-corrected chi connectivity index (χ1v) is 24.7. The Labute approximate surface area is 413 Å². The molecule has 0 aromatic rings. The van der Waals surface area contributed by atoms with Gasteiger partial charge in [0.25, 0.3) is 0 Å². The highest BCUT2D eigenvalue weighted by Crippen LogP contribution is 2.45. The molecule has 7 rings (SSSR count). The number of carboxylic acid groups (broad SMARTS) is 1. The molecule has 13 N–H and O–H groups in total. The average Bonchev–Trinajstić information content (AvgIpc) is 3.35. The van der Waals surface area contributed by atoms with Crippen LogP contribution >= 0.6 is 0 Å². The van der Waals surface area contributed by atoms with Crippen LogP contribution in [0, 0.1) is 17.8 Å². The maximum atomic E-state index is 13.0. The van der Waals surface area contributed by atoms with Crippen LogP contribution < -0.4 is 0 Å². The second-order valence-electron chi connectivity index (χ2n) is 20.1. The van der Waals surface area contributed by atoms with Gasteiger partial charge in [-0.15, -0.1) is 0 Å². The van der Waals surface area contributed by atoms with Crippen LogP contribution in [0.2, 0.25) is 0 Å². The lowest BCUT2D eigenvalue weighted by atomic mass is 9.73. The number of aliphatic carboxylic acids is 1. The second kappa shape index (κ2) is 25.5. The SMILES string of the molecule is COC1CC(C=CC(=O)OCC2OC(OC3CC4C(OC5OC(COC(=O)CC(=O)O)C(O)C(O)C5O)CC(O)CC4OC3C3CCC(O)CC3)C(OC3OC(CO)C(O)C(O)C3O)C(O)C2O)CCC1O. The number of fused-ring (bicyclic) bond motifs is 1. The number of methoxy groups -OCH3 is 1. The summed E-state index contributed by atoms with van der Waals surface area (Å²) in [4.78, 5) is 36.0. The van der Waals surface area contributed by atoms with Crippen LogP contribution in [0.5, 0.6) is 0 Å². The molecule has 0 spiro atoms. The summed E-state index contributed by atoms with van der Waals surface area (Å²) in [5.74, 6) is -4.56. The van der Waals surface area contributed by atoms with Gasteiger partial charge in [0, 0.05) is 25.5 Å². The summed E-state index contributed by atoms with van der Waals surface area (Å²) in [5, 5.41) is 139. The van der Waals surface area contributed by atoms with Crippen LogP contribution in [0.1, 0.15) is 70.6 Å². The topological polar surface area (TPSA) is 407 Å². The molecule has 0 radical (unpaired) electrons. The van der Waals surface area contributed by atoms with E-state index in [9.17, 15) is 75.7 Å². The molecule has 0 amide bonds. The first-order valence-electron chi connectivity index (χ1n) is 24.7. The largest absolute Gasteiger partial charge is 0.481 e. The third-order valence-electron chi connectivity index (χ3n) is 15.1. The summed E-state index contributed by atoms with van der Waals surface area (Å²) in [6, 6.07) is 0. The fourth-order valence-electron chi connectivity index (χ4n) is 11.0. The summed E-state index contributed by atoms with van der Waals surface area (Å²) in [5.41, 5.74) is 0. The monoisotopic (exact) mass is 1040 g/mol. The number of carbonyl (C=O) groups is 3. The number of aliphatic hydroxyl groups excluding tert-OH is 12. The van der Waals surface area contributed by atoms with Crippen LogP contribution in [0.4, 0.5) is 0 Å². The van der Waals surface area contributed by atoms with Gasteiger partial charge in [0.05, 0.1) is 55.4 Å². The van der Waals surface area contributed by atoms with Gasteiger partial charge in [0.1, 0.15) is 92.9 Å². The predicted octanol–water partition coefficient (Wildman–Crippen LogP) is -5.03. The number of carbonyl (C=O) groups excluding carboxylic acids is 2. The van der Waals surface area contributed by atoms with Gasteiger partial charge in [0.2, 0.25) is 0 Å². The highest BCUT2D eigenvalue weighted by atomic mass is 16.8. The van der Waals surface area contributed by atoms with Crippen molar-refractivity contribution in [3.8, 4) is 0 Å². The lowest BCUT2D eigenvalue weighted by Crippen LogP contribution is -2.66. The molecule has 0 aromatic carbocycles. The van der Waals surface area contributed by atoms with E-state index in [0.717, 1.165) is 0 Å². The Morgan fingerprint density at radius 2 is 1.17 bits per heavy atom. The Morgan fingerprint density at radius 1 is 0.569 bits per heavy atom. The zero-order chi connectivity index (χ0) is 52.1. The third-order valence-corrected chi connectivity index (χ3v) is 15.1. The molecular weight excluding hydrogens is 968 g/mol. The molecular formula is C46H72O26. The standard InChI is InChI=1S/C46H72O26/c1-63-26-10-18(2-8-23(26)50)3-9-32(53)64-16-30-36(57)39(60)43(72-45-41(62)37(58)34(55)28(15-47)69-45)46(71-30)68-27-13-22-24(66-42(27)19-4-6-20(48)7-5-19)11-21(49)12-25(22)67-44-40(61)38(59)35(56)29(70-44)17-65-33(54)14-31(51)52/h3,9,18-30,34-50,55-62H,2,4-8,10-17H2,1H3,(H,51,52). The molecule has 72 heavy (non-hydrogen) atoms. The summed E-state index contributed by atoms with van der Waals surface area (Å²) in [6.07, 6.45) is -27.8. The Hall–Kier alpha value is -2.65. The molecule has 26 nitrogen and oxygen atoms in total. The number of allylic oxidation sites excluding steroid dienone is 1. The van der Waals surface area contributed by atoms with E-state index in [4.69, 9.17) is 52.5 Å². The van der Waals surface area contributed by atoms with E-state index in [-0.39, 0.29) is 31.1 Å². The normalized spacial score (nSPS) is 47.1. The Bertz CT molecular complexity index is 1780. The number of esters is 2. The van der Waals surface area contributed by atoms with E-state index in [2.05, 4.69) is 0 Å². The molecule has 4 aliphatic heterocycles. The minimum absolute atomic E-state index is 0.0217. The Balaban J connectivity index is 1.13. The predicted molar refractivity (Wildman–Crippen MR) is 233 cm³/mol. The first-order chi connectivity index (χ1) is 34.3. The summed E-state index contributed by atoms with van der Waals surface area (Å²) in [6.45, 7) is -2.18. The molecule has 26 heteroatoms. The Kier molecular flexibility index (Phi) is 20.2. The maximum absolute atomic E-state index is 13.0. The van der Waals surface area contributed by atoms with E-state index in [1.165, 1.54) is 13.2 Å². The van der Waals surface area contributed by atoms with Crippen molar-refractivity contribution in [1.82, 2.24) is 0 Å². The minimum atomic E-state index is -1.97. The van der Waals surface area contributed by atoms with Crippen molar-refractivity contribution >= 4 is 17.9 Å². The van der Waals surface area contributed by atoms with Gasteiger partial charge in [-0.05, 0) is 69.6 Å². The van der Waals surface area contributed by atoms with Crippen molar-refractivity contribution in [2.24, 2.45) is 17.8 Å². The molecule has 4 saturated heterocycles. The zero-order valence-electron chi connectivity index (χ0n) is 39.7. The maximum Gasteiger partial charge on any atom is 0.330 e. The molecule has 3 aliphatic carbocycles. The summed E-state index contributed by atoms with van der Waals surface area (Å²) >= 11 is 0. The smallest absolute Gasteiger partial charge is 0.330 e. The van der Waals surface area contributed by atoms with Gasteiger partial charge in [-0.2, -0.15) is 0 Å². The number of carboxylic acids is 1. The van der Waals surface area contributed by atoms with Crippen LogP contribution in [-0.4, -0.2) is 252 Å². The van der Waals surface area contributed by atoms with E-state index in [1.807, 2.05) is 0 Å². The lowest BCUT2D eigenvalue weighted by molar-refractivity contribution is -0.380. The second-order valence-corrected chi connectivity index (χ2v) is 20.1. The summed E-state index contributed by atoms with van der Waals surface area (Å²) < 4.78 is 59.2. The fourth-order valence-corrected chi connectivity index (χ4v) is 11.0. The first kappa shape index (κ1) is 57.1. The quantitative estimate of drug-likeness (QED) is 0.0368. The highest BCUT2D eigenvalue weighted by molar-refractivity contribution is 5.90. The average molecular weight is 1040 g/mol. The van der Waals surface area contributed by atoms with E-state index in [1.54, 1.807) is 6.08 Å². The fraction of sp³-hybridized carbons (Fsp3) is 0.891. The minimum Gasteiger partial charge on any atom is -0.481 e.